The predicted octanol–water partition coefficient (Wildman–Crippen LogP) is 2.91. The van der Waals surface area contributed by atoms with E-state index in [2.05, 4.69) is 21.2 Å². The third-order valence-electron chi connectivity index (χ3n) is 2.74. The lowest BCUT2D eigenvalue weighted by atomic mass is 9.95. The normalized spacial score (nSPS) is 11.8. The topological polar surface area (TPSA) is 49.3 Å². The Balaban J connectivity index is 2.59. The molecule has 0 unspecified atom stereocenters. The van der Waals surface area contributed by atoms with E-state index in [1.165, 1.54) is 6.08 Å². The smallest absolute Gasteiger partial charge is 0.244 e. The van der Waals surface area contributed by atoms with Gasteiger partial charge in [0.15, 0.2) is 0 Å². The Hall–Kier alpha value is -1.13. The number of carbonyl (C=O) groups excluding carboxylic acids is 1. The average molecular weight is 326 g/mol. The van der Waals surface area contributed by atoms with Crippen molar-refractivity contribution in [2.75, 3.05) is 13.2 Å². The number of amides is 1. The zero-order valence-electron chi connectivity index (χ0n) is 11.5. The van der Waals surface area contributed by atoms with Crippen molar-refractivity contribution in [3.8, 4) is 0 Å². The van der Waals surface area contributed by atoms with Gasteiger partial charge in [0.2, 0.25) is 5.91 Å². The Kier molecular flexibility index (Phi) is 5.76. The van der Waals surface area contributed by atoms with Crippen molar-refractivity contribution in [2.24, 2.45) is 5.41 Å². The molecule has 1 aromatic rings. The number of rotatable bonds is 5. The second kappa shape index (κ2) is 6.87. The Morgan fingerprint density at radius 3 is 2.74 bits per heavy atom. The van der Waals surface area contributed by atoms with E-state index in [-0.39, 0.29) is 17.9 Å². The van der Waals surface area contributed by atoms with Crippen LogP contribution in [-0.2, 0) is 4.79 Å². The van der Waals surface area contributed by atoms with Gasteiger partial charge >= 0.3 is 0 Å². The Morgan fingerprint density at radius 1 is 1.47 bits per heavy atom. The van der Waals surface area contributed by atoms with Gasteiger partial charge in [-0.05, 0) is 30.2 Å². The second-order valence-electron chi connectivity index (χ2n) is 5.40. The molecule has 3 nitrogen and oxygen atoms in total. The zero-order valence-corrected chi connectivity index (χ0v) is 13.1. The molecular weight excluding hydrogens is 306 g/mol. The van der Waals surface area contributed by atoms with Crippen molar-refractivity contribution in [3.05, 3.63) is 39.9 Å². The lowest BCUT2D eigenvalue weighted by Crippen LogP contribution is -2.35. The summed E-state index contributed by atoms with van der Waals surface area (Å²) in [7, 11) is 0. The van der Waals surface area contributed by atoms with Gasteiger partial charge in [-0.25, -0.2) is 0 Å². The lowest BCUT2D eigenvalue weighted by Gasteiger charge is -2.21. The quantitative estimate of drug-likeness (QED) is 0.818. The minimum absolute atomic E-state index is 0.0422. The van der Waals surface area contributed by atoms with Crippen LogP contribution in [-0.4, -0.2) is 24.2 Å². The lowest BCUT2D eigenvalue weighted by molar-refractivity contribution is -0.116. The van der Waals surface area contributed by atoms with E-state index in [9.17, 15) is 4.79 Å². The van der Waals surface area contributed by atoms with Gasteiger partial charge in [0.1, 0.15) is 0 Å². The molecule has 19 heavy (non-hydrogen) atoms. The molecule has 2 N–H and O–H groups in total. The Morgan fingerprint density at radius 2 is 2.16 bits per heavy atom. The number of hydrogen-bond acceptors (Lipinski definition) is 2. The molecule has 0 heterocycles. The average Bonchev–Trinajstić information content (AvgIpc) is 2.35. The molecule has 0 bridgehead atoms. The molecule has 0 radical (unpaired) electrons. The first-order valence-corrected chi connectivity index (χ1v) is 6.96. The molecule has 1 amide bonds. The predicted molar refractivity (Wildman–Crippen MR) is 81.8 cm³/mol. The number of aryl methyl sites for hydroxylation is 1. The summed E-state index contributed by atoms with van der Waals surface area (Å²) < 4.78 is 0.965. The van der Waals surface area contributed by atoms with Crippen molar-refractivity contribution in [1.82, 2.24) is 5.32 Å². The maximum absolute atomic E-state index is 11.7. The van der Waals surface area contributed by atoms with Crippen molar-refractivity contribution in [1.29, 1.82) is 0 Å². The second-order valence-corrected chi connectivity index (χ2v) is 6.25. The van der Waals surface area contributed by atoms with Crippen LogP contribution in [0, 0.1) is 12.3 Å². The van der Waals surface area contributed by atoms with E-state index < -0.39 is 0 Å². The summed E-state index contributed by atoms with van der Waals surface area (Å²) in [6, 6.07) is 5.96. The van der Waals surface area contributed by atoms with Gasteiger partial charge in [-0.15, -0.1) is 0 Å². The minimum atomic E-state index is -0.298. The van der Waals surface area contributed by atoms with Crippen molar-refractivity contribution in [3.63, 3.8) is 0 Å². The van der Waals surface area contributed by atoms with Crippen LogP contribution in [0.25, 0.3) is 6.08 Å². The van der Waals surface area contributed by atoms with Gasteiger partial charge in [-0.2, -0.15) is 0 Å². The number of aliphatic hydroxyl groups is 1. The molecule has 1 rings (SSSR count). The molecule has 0 saturated heterocycles. The standard InChI is InChI=1S/C15H20BrNO2/c1-11-4-5-12(13(16)8-11)6-7-14(19)17-9-15(2,3)10-18/h4-8,18H,9-10H2,1-3H3,(H,17,19)/b7-6+. The summed E-state index contributed by atoms with van der Waals surface area (Å²) in [6.45, 7) is 6.30. The minimum Gasteiger partial charge on any atom is -0.396 e. The molecular formula is C15H20BrNO2. The fourth-order valence-electron chi connectivity index (χ4n) is 1.37. The van der Waals surface area contributed by atoms with Crippen molar-refractivity contribution >= 4 is 27.9 Å². The van der Waals surface area contributed by atoms with Crippen LogP contribution in [0.3, 0.4) is 0 Å². The highest BCUT2D eigenvalue weighted by Crippen LogP contribution is 2.19. The fourth-order valence-corrected chi connectivity index (χ4v) is 2.00. The third kappa shape index (κ3) is 5.57. The first kappa shape index (κ1) is 15.9. The van der Waals surface area contributed by atoms with Crippen LogP contribution in [0.15, 0.2) is 28.7 Å². The van der Waals surface area contributed by atoms with Crippen LogP contribution in [0.2, 0.25) is 0 Å². The highest BCUT2D eigenvalue weighted by molar-refractivity contribution is 9.10. The van der Waals surface area contributed by atoms with Crippen LogP contribution >= 0.6 is 15.9 Å². The fraction of sp³-hybridized carbons (Fsp3) is 0.400. The Bertz CT molecular complexity index is 481. The number of halogens is 1. The van der Waals surface area contributed by atoms with E-state index in [0.29, 0.717) is 6.54 Å². The van der Waals surface area contributed by atoms with E-state index in [1.807, 2.05) is 39.0 Å². The van der Waals surface area contributed by atoms with Gasteiger partial charge in [0.05, 0.1) is 0 Å². The molecule has 1 aromatic carbocycles. The van der Waals surface area contributed by atoms with Crippen molar-refractivity contribution < 1.29 is 9.90 Å². The molecule has 0 spiro atoms. The largest absolute Gasteiger partial charge is 0.396 e. The first-order valence-electron chi connectivity index (χ1n) is 6.17. The van der Waals surface area contributed by atoms with E-state index in [4.69, 9.17) is 5.11 Å². The van der Waals surface area contributed by atoms with Gasteiger partial charge < -0.3 is 10.4 Å². The van der Waals surface area contributed by atoms with Crippen LogP contribution < -0.4 is 5.32 Å². The number of carbonyl (C=O) groups is 1. The molecule has 4 heteroatoms. The molecule has 0 aliphatic carbocycles. The van der Waals surface area contributed by atoms with E-state index >= 15 is 0 Å². The summed E-state index contributed by atoms with van der Waals surface area (Å²) in [5.41, 5.74) is 1.83. The number of benzene rings is 1. The van der Waals surface area contributed by atoms with Gasteiger partial charge in [-0.1, -0.05) is 41.9 Å². The number of aliphatic hydroxyl groups excluding tert-OH is 1. The maximum Gasteiger partial charge on any atom is 0.244 e. The van der Waals surface area contributed by atoms with Crippen LogP contribution in [0.4, 0.5) is 0 Å². The van der Waals surface area contributed by atoms with E-state index in [0.717, 1.165) is 15.6 Å². The van der Waals surface area contributed by atoms with E-state index in [1.54, 1.807) is 6.08 Å². The molecule has 0 aliphatic rings. The summed E-state index contributed by atoms with van der Waals surface area (Å²) in [5.74, 6) is -0.158. The summed E-state index contributed by atoms with van der Waals surface area (Å²) in [4.78, 5) is 11.7. The highest BCUT2D eigenvalue weighted by Gasteiger charge is 2.16. The molecule has 0 saturated carbocycles. The molecule has 104 valence electrons. The van der Waals surface area contributed by atoms with Crippen molar-refractivity contribution in [2.45, 2.75) is 20.8 Å². The summed E-state index contributed by atoms with van der Waals surface area (Å²) in [6.07, 6.45) is 3.27. The van der Waals surface area contributed by atoms with Gasteiger partial charge in [0, 0.05) is 29.1 Å². The SMILES string of the molecule is Cc1ccc(/C=C/C(=O)NCC(C)(C)CO)c(Br)c1. The summed E-state index contributed by atoms with van der Waals surface area (Å²) in [5, 5.41) is 11.9. The Labute approximate surface area is 122 Å². The molecule has 0 fully saturated rings. The monoisotopic (exact) mass is 325 g/mol. The van der Waals surface area contributed by atoms with Crippen LogP contribution in [0.1, 0.15) is 25.0 Å². The highest BCUT2D eigenvalue weighted by atomic mass is 79.9. The first-order chi connectivity index (χ1) is 8.84. The number of hydrogen-bond donors (Lipinski definition) is 2. The summed E-state index contributed by atoms with van der Waals surface area (Å²) >= 11 is 3.46. The zero-order chi connectivity index (χ0) is 14.5. The molecule has 0 atom stereocenters. The maximum atomic E-state index is 11.7. The number of nitrogens with one attached hydrogen (secondary N) is 1. The van der Waals surface area contributed by atoms with Crippen LogP contribution in [0.5, 0.6) is 0 Å². The van der Waals surface area contributed by atoms with Gasteiger partial charge in [0.25, 0.3) is 0 Å². The molecule has 0 aromatic heterocycles. The molecule has 0 aliphatic heterocycles. The third-order valence-corrected chi connectivity index (χ3v) is 3.43. The van der Waals surface area contributed by atoms with Gasteiger partial charge in [-0.3, -0.25) is 4.79 Å².